The largest absolute Gasteiger partial charge is 0.390 e. The number of pyridine rings is 1. The Hall–Kier alpha value is -1.81. The summed E-state index contributed by atoms with van der Waals surface area (Å²) in [5.41, 5.74) is 0.839. The predicted octanol–water partition coefficient (Wildman–Crippen LogP) is 2.52. The highest BCUT2D eigenvalue weighted by atomic mass is 19.1. The molecule has 2 nitrogen and oxygen atoms in total. The first-order chi connectivity index (χ1) is 7.72. The van der Waals surface area contributed by atoms with Crippen LogP contribution in [-0.2, 0) is 6.61 Å². The van der Waals surface area contributed by atoms with E-state index in [9.17, 15) is 8.78 Å². The van der Waals surface area contributed by atoms with Crippen molar-refractivity contribution in [3.8, 4) is 11.1 Å². The van der Waals surface area contributed by atoms with E-state index in [0.29, 0.717) is 11.3 Å². The predicted molar refractivity (Wildman–Crippen MR) is 55.5 cm³/mol. The molecule has 0 amide bonds. The number of halogens is 2. The Morgan fingerprint density at radius 1 is 1.12 bits per heavy atom. The average Bonchev–Trinajstić information content (AvgIpc) is 2.32. The fourth-order valence-electron chi connectivity index (χ4n) is 1.51. The van der Waals surface area contributed by atoms with Crippen LogP contribution in [-0.4, -0.2) is 10.1 Å². The van der Waals surface area contributed by atoms with Crippen molar-refractivity contribution in [1.29, 1.82) is 0 Å². The highest BCUT2D eigenvalue weighted by molar-refractivity contribution is 5.66. The first kappa shape index (κ1) is 10.7. The highest BCUT2D eigenvalue weighted by Gasteiger charge is 2.10. The van der Waals surface area contributed by atoms with E-state index in [0.717, 1.165) is 18.2 Å². The number of hydrogen-bond acceptors (Lipinski definition) is 2. The van der Waals surface area contributed by atoms with Gasteiger partial charge in [0.05, 0.1) is 12.3 Å². The van der Waals surface area contributed by atoms with Crippen LogP contribution in [0.25, 0.3) is 11.1 Å². The lowest BCUT2D eigenvalue weighted by atomic mass is 10.0. The third-order valence-electron chi connectivity index (χ3n) is 2.26. The van der Waals surface area contributed by atoms with Crippen LogP contribution in [0.5, 0.6) is 0 Å². The van der Waals surface area contributed by atoms with Gasteiger partial charge in [-0.1, -0.05) is 6.07 Å². The van der Waals surface area contributed by atoms with Crippen LogP contribution in [0.1, 0.15) is 5.69 Å². The monoisotopic (exact) mass is 221 g/mol. The van der Waals surface area contributed by atoms with Gasteiger partial charge in [-0.25, -0.2) is 8.78 Å². The zero-order valence-electron chi connectivity index (χ0n) is 8.32. The normalized spacial score (nSPS) is 10.4. The Morgan fingerprint density at radius 3 is 2.69 bits per heavy atom. The maximum absolute atomic E-state index is 13.5. The van der Waals surface area contributed by atoms with E-state index >= 15 is 0 Å². The summed E-state index contributed by atoms with van der Waals surface area (Å²) in [5.74, 6) is -1.06. The lowest BCUT2D eigenvalue weighted by Gasteiger charge is -2.07. The molecule has 4 heteroatoms. The van der Waals surface area contributed by atoms with E-state index in [1.54, 1.807) is 12.1 Å². The maximum atomic E-state index is 13.5. The van der Waals surface area contributed by atoms with Gasteiger partial charge < -0.3 is 5.11 Å². The van der Waals surface area contributed by atoms with E-state index < -0.39 is 11.6 Å². The second-order valence-corrected chi connectivity index (χ2v) is 3.28. The van der Waals surface area contributed by atoms with Gasteiger partial charge in [-0.2, -0.15) is 0 Å². The standard InChI is InChI=1S/C12H9F2NO/c13-8-3-4-11(14)10(6-8)9-2-1-5-15-12(9)7-16/h1-6,16H,7H2. The summed E-state index contributed by atoms with van der Waals surface area (Å²) in [6, 6.07) is 6.40. The van der Waals surface area contributed by atoms with Crippen molar-refractivity contribution < 1.29 is 13.9 Å². The van der Waals surface area contributed by atoms with Crippen LogP contribution in [0.15, 0.2) is 36.5 Å². The Bertz CT molecular complexity index is 514. The summed E-state index contributed by atoms with van der Waals surface area (Å²) in [6.45, 7) is -0.313. The van der Waals surface area contributed by atoms with Gasteiger partial charge in [-0.05, 0) is 24.3 Å². The van der Waals surface area contributed by atoms with E-state index in [4.69, 9.17) is 5.11 Å². The molecule has 0 spiro atoms. The molecule has 1 heterocycles. The fraction of sp³-hybridized carbons (Fsp3) is 0.0833. The molecule has 0 aliphatic rings. The topological polar surface area (TPSA) is 33.1 Å². The molecule has 2 rings (SSSR count). The minimum Gasteiger partial charge on any atom is -0.390 e. The summed E-state index contributed by atoms with van der Waals surface area (Å²) >= 11 is 0. The van der Waals surface area contributed by atoms with Crippen molar-refractivity contribution in [3.05, 3.63) is 53.9 Å². The number of rotatable bonds is 2. The smallest absolute Gasteiger partial charge is 0.131 e. The fourth-order valence-corrected chi connectivity index (χ4v) is 1.51. The molecule has 82 valence electrons. The lowest BCUT2D eigenvalue weighted by Crippen LogP contribution is -1.95. The zero-order valence-corrected chi connectivity index (χ0v) is 8.32. The van der Waals surface area contributed by atoms with Crippen LogP contribution in [0.4, 0.5) is 8.78 Å². The van der Waals surface area contributed by atoms with Crippen LogP contribution < -0.4 is 0 Å². The molecule has 0 fully saturated rings. The van der Waals surface area contributed by atoms with Gasteiger partial charge in [-0.15, -0.1) is 0 Å². The van der Waals surface area contributed by atoms with Crippen molar-refractivity contribution in [2.24, 2.45) is 0 Å². The molecule has 1 N–H and O–H groups in total. The summed E-state index contributed by atoms with van der Waals surface area (Å²) in [7, 11) is 0. The molecule has 1 aromatic carbocycles. The van der Waals surface area contributed by atoms with Gasteiger partial charge in [0.2, 0.25) is 0 Å². The number of aliphatic hydroxyl groups is 1. The Balaban J connectivity index is 2.62. The van der Waals surface area contributed by atoms with E-state index in [1.165, 1.54) is 6.20 Å². The van der Waals surface area contributed by atoms with Crippen LogP contribution >= 0.6 is 0 Å². The molecule has 16 heavy (non-hydrogen) atoms. The summed E-state index contributed by atoms with van der Waals surface area (Å²) < 4.78 is 26.5. The molecule has 0 radical (unpaired) electrons. The van der Waals surface area contributed by atoms with E-state index in [1.807, 2.05) is 0 Å². The second kappa shape index (κ2) is 4.37. The molecule has 2 aromatic rings. The molecule has 1 aromatic heterocycles. The first-order valence-electron chi connectivity index (χ1n) is 4.72. The molecule has 0 unspecified atom stereocenters. The minimum absolute atomic E-state index is 0.108. The summed E-state index contributed by atoms with van der Waals surface area (Å²) in [5, 5.41) is 9.06. The Kier molecular flexibility index (Phi) is 2.92. The molecule has 0 aliphatic heterocycles. The third kappa shape index (κ3) is 1.92. The van der Waals surface area contributed by atoms with Gasteiger partial charge in [0.25, 0.3) is 0 Å². The molecule has 0 saturated heterocycles. The maximum Gasteiger partial charge on any atom is 0.131 e. The number of hydrogen-bond donors (Lipinski definition) is 1. The molecule has 0 saturated carbocycles. The van der Waals surface area contributed by atoms with Crippen molar-refractivity contribution >= 4 is 0 Å². The Labute approximate surface area is 91.2 Å². The number of nitrogens with zero attached hydrogens (tertiary/aromatic N) is 1. The first-order valence-corrected chi connectivity index (χ1v) is 4.72. The van der Waals surface area contributed by atoms with Crippen molar-refractivity contribution in [3.63, 3.8) is 0 Å². The SMILES string of the molecule is OCc1ncccc1-c1cc(F)ccc1F. The van der Waals surface area contributed by atoms with Crippen LogP contribution in [0.3, 0.4) is 0 Å². The number of benzene rings is 1. The van der Waals surface area contributed by atoms with Gasteiger partial charge in [0.15, 0.2) is 0 Å². The molecular formula is C12H9F2NO. The molecule has 0 atom stereocenters. The highest BCUT2D eigenvalue weighted by Crippen LogP contribution is 2.25. The quantitative estimate of drug-likeness (QED) is 0.845. The lowest BCUT2D eigenvalue weighted by molar-refractivity contribution is 0.277. The van der Waals surface area contributed by atoms with Crippen molar-refractivity contribution in [2.75, 3.05) is 0 Å². The average molecular weight is 221 g/mol. The van der Waals surface area contributed by atoms with Crippen LogP contribution in [0, 0.1) is 11.6 Å². The molecule has 0 aliphatic carbocycles. The zero-order chi connectivity index (χ0) is 11.5. The number of aliphatic hydroxyl groups excluding tert-OH is 1. The van der Waals surface area contributed by atoms with Gasteiger partial charge in [-0.3, -0.25) is 4.98 Å². The Morgan fingerprint density at radius 2 is 1.94 bits per heavy atom. The molecule has 0 bridgehead atoms. The number of aromatic nitrogens is 1. The third-order valence-corrected chi connectivity index (χ3v) is 2.26. The summed E-state index contributed by atoms with van der Waals surface area (Å²) in [4.78, 5) is 3.91. The summed E-state index contributed by atoms with van der Waals surface area (Å²) in [6.07, 6.45) is 1.49. The van der Waals surface area contributed by atoms with E-state index in [2.05, 4.69) is 4.98 Å². The van der Waals surface area contributed by atoms with Crippen molar-refractivity contribution in [2.45, 2.75) is 6.61 Å². The van der Waals surface area contributed by atoms with Crippen LogP contribution in [0.2, 0.25) is 0 Å². The van der Waals surface area contributed by atoms with Gasteiger partial charge in [0, 0.05) is 17.3 Å². The minimum atomic E-state index is -0.538. The van der Waals surface area contributed by atoms with E-state index in [-0.39, 0.29) is 12.2 Å². The second-order valence-electron chi connectivity index (χ2n) is 3.28. The van der Waals surface area contributed by atoms with Crippen molar-refractivity contribution in [1.82, 2.24) is 4.98 Å². The van der Waals surface area contributed by atoms with Gasteiger partial charge >= 0.3 is 0 Å². The molecular weight excluding hydrogens is 212 g/mol. The van der Waals surface area contributed by atoms with Gasteiger partial charge in [0.1, 0.15) is 11.6 Å².